The van der Waals surface area contributed by atoms with Crippen molar-refractivity contribution in [1.82, 2.24) is 10.6 Å². The molecule has 1 aliphatic carbocycles. The second-order valence-corrected chi connectivity index (χ2v) is 3.68. The fraction of sp³-hybridized carbons (Fsp3) is 0.636. The number of hydrogen-bond donors (Lipinski definition) is 2. The highest BCUT2D eigenvalue weighted by atomic mass is 15.0. The molecule has 0 fully saturated rings. The van der Waals surface area contributed by atoms with Crippen LogP contribution in [0.1, 0.15) is 27.2 Å². The zero-order valence-electron chi connectivity index (χ0n) is 8.85. The van der Waals surface area contributed by atoms with E-state index in [1.165, 1.54) is 5.70 Å². The van der Waals surface area contributed by atoms with Crippen LogP contribution in [0.3, 0.4) is 0 Å². The van der Waals surface area contributed by atoms with Gasteiger partial charge in [0.25, 0.3) is 0 Å². The quantitative estimate of drug-likeness (QED) is 0.689. The van der Waals surface area contributed by atoms with Gasteiger partial charge in [-0.1, -0.05) is 19.1 Å². The highest BCUT2D eigenvalue weighted by molar-refractivity contribution is 5.27. The first kappa shape index (κ1) is 10.3. The Balaban J connectivity index is 2.51. The molecule has 74 valence electrons. The van der Waals surface area contributed by atoms with Crippen LogP contribution in [0.5, 0.6) is 0 Å². The van der Waals surface area contributed by atoms with Gasteiger partial charge in [-0.2, -0.15) is 0 Å². The minimum atomic E-state index is 0.160. The number of rotatable bonds is 4. The standard InChI is InChI=1S/C11H20N2/c1-4-12-10-6-8-11(3,9-7-10)13-5-2/h6-8,12-13H,4-5,9H2,1-3H3. The monoisotopic (exact) mass is 180 g/mol. The fourth-order valence-electron chi connectivity index (χ4n) is 1.60. The first-order valence-corrected chi connectivity index (χ1v) is 5.08. The van der Waals surface area contributed by atoms with Crippen LogP contribution < -0.4 is 10.6 Å². The molecule has 0 amide bonds. The van der Waals surface area contributed by atoms with Crippen molar-refractivity contribution in [2.24, 2.45) is 0 Å². The third-order valence-corrected chi connectivity index (χ3v) is 2.34. The highest BCUT2D eigenvalue weighted by Gasteiger charge is 2.20. The van der Waals surface area contributed by atoms with Gasteiger partial charge in [0.15, 0.2) is 0 Å². The normalized spacial score (nSPS) is 27.2. The van der Waals surface area contributed by atoms with Crippen molar-refractivity contribution >= 4 is 0 Å². The highest BCUT2D eigenvalue weighted by Crippen LogP contribution is 2.18. The van der Waals surface area contributed by atoms with E-state index in [1.54, 1.807) is 0 Å². The molecule has 1 aliphatic rings. The summed E-state index contributed by atoms with van der Waals surface area (Å²) in [6, 6.07) is 0. The molecule has 0 heterocycles. The second kappa shape index (κ2) is 4.47. The predicted octanol–water partition coefficient (Wildman–Crippen LogP) is 1.81. The maximum Gasteiger partial charge on any atom is 0.0374 e. The molecule has 0 aromatic rings. The van der Waals surface area contributed by atoms with E-state index in [4.69, 9.17) is 0 Å². The van der Waals surface area contributed by atoms with E-state index in [2.05, 4.69) is 49.6 Å². The predicted molar refractivity (Wildman–Crippen MR) is 57.6 cm³/mol. The summed E-state index contributed by atoms with van der Waals surface area (Å²) in [5.41, 5.74) is 1.41. The lowest BCUT2D eigenvalue weighted by atomic mass is 9.92. The molecule has 0 radical (unpaired) electrons. The van der Waals surface area contributed by atoms with Crippen LogP contribution in [0.4, 0.5) is 0 Å². The van der Waals surface area contributed by atoms with E-state index in [1.807, 2.05) is 0 Å². The summed E-state index contributed by atoms with van der Waals surface area (Å²) in [6.07, 6.45) is 7.73. The molecule has 13 heavy (non-hydrogen) atoms. The molecule has 1 unspecified atom stereocenters. The van der Waals surface area contributed by atoms with Crippen molar-refractivity contribution in [2.75, 3.05) is 13.1 Å². The van der Waals surface area contributed by atoms with Crippen LogP contribution in [-0.2, 0) is 0 Å². The van der Waals surface area contributed by atoms with Crippen LogP contribution in [0.25, 0.3) is 0 Å². The molecule has 0 aromatic carbocycles. The minimum Gasteiger partial charge on any atom is -0.386 e. The summed E-state index contributed by atoms with van der Waals surface area (Å²) in [7, 11) is 0. The lowest BCUT2D eigenvalue weighted by Gasteiger charge is -2.29. The molecule has 0 spiro atoms. The van der Waals surface area contributed by atoms with Gasteiger partial charge in [-0.3, -0.25) is 0 Å². The second-order valence-electron chi connectivity index (χ2n) is 3.68. The Morgan fingerprint density at radius 1 is 1.38 bits per heavy atom. The molecule has 0 aliphatic heterocycles. The summed E-state index contributed by atoms with van der Waals surface area (Å²) < 4.78 is 0. The van der Waals surface area contributed by atoms with Crippen molar-refractivity contribution in [1.29, 1.82) is 0 Å². The average Bonchev–Trinajstić information content (AvgIpc) is 2.10. The van der Waals surface area contributed by atoms with Gasteiger partial charge in [0, 0.05) is 17.8 Å². The van der Waals surface area contributed by atoms with E-state index < -0.39 is 0 Å². The van der Waals surface area contributed by atoms with Crippen LogP contribution in [-0.4, -0.2) is 18.6 Å². The van der Waals surface area contributed by atoms with E-state index in [-0.39, 0.29) is 5.54 Å². The molecule has 2 nitrogen and oxygen atoms in total. The van der Waals surface area contributed by atoms with Crippen molar-refractivity contribution in [3.05, 3.63) is 23.9 Å². The van der Waals surface area contributed by atoms with Gasteiger partial charge >= 0.3 is 0 Å². The summed E-state index contributed by atoms with van der Waals surface area (Å²) >= 11 is 0. The summed E-state index contributed by atoms with van der Waals surface area (Å²) in [4.78, 5) is 0. The van der Waals surface area contributed by atoms with Crippen LogP contribution in [0, 0.1) is 0 Å². The average molecular weight is 180 g/mol. The maximum atomic E-state index is 3.46. The number of likely N-dealkylation sites (N-methyl/N-ethyl adjacent to an activating group) is 2. The molecular formula is C11H20N2. The Kier molecular flexibility index (Phi) is 3.55. The van der Waals surface area contributed by atoms with Gasteiger partial charge in [-0.25, -0.2) is 0 Å². The molecule has 0 saturated heterocycles. The van der Waals surface area contributed by atoms with Crippen molar-refractivity contribution in [3.8, 4) is 0 Å². The van der Waals surface area contributed by atoms with Crippen LogP contribution in [0.2, 0.25) is 0 Å². The smallest absolute Gasteiger partial charge is 0.0374 e. The van der Waals surface area contributed by atoms with Crippen molar-refractivity contribution < 1.29 is 0 Å². The Hall–Kier alpha value is -0.760. The number of nitrogens with one attached hydrogen (secondary N) is 2. The van der Waals surface area contributed by atoms with Crippen molar-refractivity contribution in [2.45, 2.75) is 32.7 Å². The zero-order valence-corrected chi connectivity index (χ0v) is 8.85. The largest absolute Gasteiger partial charge is 0.386 e. The van der Waals surface area contributed by atoms with E-state index in [0.29, 0.717) is 0 Å². The molecule has 0 saturated carbocycles. The molecule has 1 atom stereocenters. The molecule has 1 rings (SSSR count). The lowest BCUT2D eigenvalue weighted by molar-refractivity contribution is 0.448. The van der Waals surface area contributed by atoms with Gasteiger partial charge in [0.05, 0.1) is 0 Å². The molecular weight excluding hydrogens is 160 g/mol. The van der Waals surface area contributed by atoms with E-state index in [0.717, 1.165) is 19.5 Å². The van der Waals surface area contributed by atoms with Gasteiger partial charge in [-0.15, -0.1) is 0 Å². The van der Waals surface area contributed by atoms with E-state index >= 15 is 0 Å². The Labute approximate surface area is 81.1 Å². The lowest BCUT2D eigenvalue weighted by Crippen LogP contribution is -2.41. The third-order valence-electron chi connectivity index (χ3n) is 2.34. The van der Waals surface area contributed by atoms with Crippen LogP contribution >= 0.6 is 0 Å². The number of allylic oxidation sites excluding steroid dienone is 1. The molecule has 0 bridgehead atoms. The van der Waals surface area contributed by atoms with Gasteiger partial charge in [-0.05, 0) is 32.9 Å². The van der Waals surface area contributed by atoms with Gasteiger partial charge in [0.2, 0.25) is 0 Å². The van der Waals surface area contributed by atoms with E-state index in [9.17, 15) is 0 Å². The Morgan fingerprint density at radius 3 is 2.62 bits per heavy atom. The Bertz CT molecular complexity index is 218. The topological polar surface area (TPSA) is 24.1 Å². The Morgan fingerprint density at radius 2 is 2.15 bits per heavy atom. The van der Waals surface area contributed by atoms with Gasteiger partial charge < -0.3 is 10.6 Å². The molecule has 0 aromatic heterocycles. The summed E-state index contributed by atoms with van der Waals surface area (Å²) in [5.74, 6) is 0. The maximum absolute atomic E-state index is 3.46. The SMILES string of the molecule is CCNC1=CCC(C)(NCC)C=C1. The molecule has 2 heteroatoms. The first-order chi connectivity index (χ1) is 6.20. The zero-order chi connectivity index (χ0) is 9.73. The first-order valence-electron chi connectivity index (χ1n) is 5.08. The van der Waals surface area contributed by atoms with Crippen molar-refractivity contribution in [3.63, 3.8) is 0 Å². The fourth-order valence-corrected chi connectivity index (χ4v) is 1.60. The van der Waals surface area contributed by atoms with Crippen LogP contribution in [0.15, 0.2) is 23.9 Å². The van der Waals surface area contributed by atoms with Gasteiger partial charge in [0.1, 0.15) is 0 Å². The third kappa shape index (κ3) is 2.88. The summed E-state index contributed by atoms with van der Waals surface area (Å²) in [5, 5.41) is 6.78. The minimum absolute atomic E-state index is 0.160. The molecule has 2 N–H and O–H groups in total. The number of hydrogen-bond acceptors (Lipinski definition) is 2. The summed E-state index contributed by atoms with van der Waals surface area (Å²) in [6.45, 7) is 8.50.